The summed E-state index contributed by atoms with van der Waals surface area (Å²) >= 11 is 0. The van der Waals surface area contributed by atoms with Crippen molar-refractivity contribution in [3.05, 3.63) is 28.4 Å². The molecule has 1 aliphatic heterocycles. The topological polar surface area (TPSA) is 196 Å². The van der Waals surface area contributed by atoms with Crippen molar-refractivity contribution in [2.75, 3.05) is 42.2 Å². The van der Waals surface area contributed by atoms with E-state index in [9.17, 15) is 30.3 Å². The molecule has 0 saturated carbocycles. The third kappa shape index (κ3) is 4.69. The second-order valence-corrected chi connectivity index (χ2v) is 8.62. The number of phenols is 1. The lowest BCUT2D eigenvalue weighted by atomic mass is 9.99. The minimum Gasteiger partial charge on any atom is -0.504 e. The third-order valence-corrected chi connectivity index (χ3v) is 6.49. The highest BCUT2D eigenvalue weighted by Crippen LogP contribution is 2.49. The third-order valence-electron chi connectivity index (χ3n) is 6.49. The first kappa shape index (κ1) is 29.0. The highest BCUT2D eigenvalue weighted by molar-refractivity contribution is 5.92. The van der Waals surface area contributed by atoms with Crippen LogP contribution in [0.4, 0.5) is 0 Å². The van der Waals surface area contributed by atoms with Crippen molar-refractivity contribution in [1.82, 2.24) is 0 Å². The molecule has 0 spiro atoms. The van der Waals surface area contributed by atoms with Crippen LogP contribution in [-0.4, -0.2) is 98.4 Å². The lowest BCUT2D eigenvalue weighted by Crippen LogP contribution is -2.60. The molecule has 0 radical (unpaired) electrons. The Morgan fingerprint density at radius 1 is 0.800 bits per heavy atom. The van der Waals surface area contributed by atoms with Crippen molar-refractivity contribution in [2.45, 2.75) is 30.7 Å². The SMILES string of the molecule is COc1ccc(-c2oc3cc(OC)c(OC)c(O)c3c(=O)c2OC)c(OC)c1O[C@@H]1O[C@H](CO)[C@@H](O)[C@H](O)[C@H]1O. The van der Waals surface area contributed by atoms with Gasteiger partial charge in [0.25, 0.3) is 0 Å². The van der Waals surface area contributed by atoms with E-state index in [1.54, 1.807) is 0 Å². The Bertz CT molecular complexity index is 1430. The predicted molar refractivity (Wildman–Crippen MR) is 137 cm³/mol. The van der Waals surface area contributed by atoms with Crippen molar-refractivity contribution < 1.29 is 63.1 Å². The molecule has 1 fully saturated rings. The molecule has 4 rings (SSSR count). The molecule has 2 heterocycles. The smallest absolute Gasteiger partial charge is 0.239 e. The Hall–Kier alpha value is -3.95. The summed E-state index contributed by atoms with van der Waals surface area (Å²) in [7, 11) is 6.52. The maximum atomic E-state index is 13.5. The van der Waals surface area contributed by atoms with Crippen molar-refractivity contribution in [2.24, 2.45) is 0 Å². The van der Waals surface area contributed by atoms with Crippen LogP contribution in [0.5, 0.6) is 40.2 Å². The summed E-state index contributed by atoms with van der Waals surface area (Å²) < 4.78 is 44.2. The fourth-order valence-electron chi connectivity index (χ4n) is 4.47. The van der Waals surface area contributed by atoms with Gasteiger partial charge in [-0.1, -0.05) is 0 Å². The van der Waals surface area contributed by atoms with E-state index in [2.05, 4.69) is 0 Å². The van der Waals surface area contributed by atoms with Crippen LogP contribution in [0.2, 0.25) is 0 Å². The van der Waals surface area contributed by atoms with Gasteiger partial charge < -0.3 is 63.1 Å². The molecule has 0 bridgehead atoms. The quantitative estimate of drug-likeness (QED) is 0.238. The number of rotatable bonds is 9. The van der Waals surface area contributed by atoms with E-state index < -0.39 is 48.5 Å². The van der Waals surface area contributed by atoms with Gasteiger partial charge >= 0.3 is 0 Å². The number of fused-ring (bicyclic) bond motifs is 1. The van der Waals surface area contributed by atoms with Crippen LogP contribution in [0.3, 0.4) is 0 Å². The van der Waals surface area contributed by atoms with Gasteiger partial charge in [-0.15, -0.1) is 0 Å². The lowest BCUT2D eigenvalue weighted by molar-refractivity contribution is -0.277. The monoisotopic (exact) mass is 566 g/mol. The van der Waals surface area contributed by atoms with E-state index in [0.29, 0.717) is 0 Å². The fourth-order valence-corrected chi connectivity index (χ4v) is 4.47. The fraction of sp³-hybridized carbons (Fsp3) is 0.423. The Morgan fingerprint density at radius 2 is 1.45 bits per heavy atom. The molecule has 3 aromatic rings. The Balaban J connectivity index is 1.93. The summed E-state index contributed by atoms with van der Waals surface area (Å²) in [5, 5.41) is 50.9. The van der Waals surface area contributed by atoms with E-state index in [1.807, 2.05) is 0 Å². The Labute approximate surface area is 227 Å². The largest absolute Gasteiger partial charge is 0.504 e. The summed E-state index contributed by atoms with van der Waals surface area (Å²) in [5.41, 5.74) is -0.662. The highest BCUT2D eigenvalue weighted by Gasteiger charge is 2.45. The molecule has 0 unspecified atom stereocenters. The van der Waals surface area contributed by atoms with Crippen LogP contribution in [-0.2, 0) is 4.74 Å². The number of hydrogen-bond donors (Lipinski definition) is 5. The van der Waals surface area contributed by atoms with E-state index >= 15 is 0 Å². The van der Waals surface area contributed by atoms with E-state index in [4.69, 9.17) is 37.6 Å². The minimum absolute atomic E-state index is 0.0539. The Morgan fingerprint density at radius 3 is 2.02 bits per heavy atom. The standard InChI is InChI=1S/C26H30O14/c1-33-11-7-6-10(21(35-3)24(11)40-26-20(32)19(31)16(28)14(9-27)39-26)22-25(37-5)18(30)15-12(38-22)8-13(34-2)23(36-4)17(15)29/h6-8,14,16,19-20,26-29,31-32H,9H2,1-5H3/t14-,16-,19+,20-,26+/m1/s1. The van der Waals surface area contributed by atoms with Gasteiger partial charge in [-0.3, -0.25) is 4.79 Å². The number of methoxy groups -OCH3 is 5. The summed E-state index contributed by atoms with van der Waals surface area (Å²) in [6.07, 6.45) is -7.84. The first-order chi connectivity index (χ1) is 19.2. The number of aliphatic hydroxyl groups excluding tert-OH is 4. The molecule has 5 atom stereocenters. The van der Waals surface area contributed by atoms with Gasteiger partial charge in [0.1, 0.15) is 35.4 Å². The number of aliphatic hydroxyl groups is 4. The summed E-state index contributed by atoms with van der Waals surface area (Å²) in [6, 6.07) is 4.30. The van der Waals surface area contributed by atoms with Crippen molar-refractivity contribution in [1.29, 1.82) is 0 Å². The van der Waals surface area contributed by atoms with E-state index in [1.165, 1.54) is 53.7 Å². The van der Waals surface area contributed by atoms with Crippen molar-refractivity contribution >= 4 is 11.0 Å². The van der Waals surface area contributed by atoms with Crippen LogP contribution in [0.15, 0.2) is 27.4 Å². The summed E-state index contributed by atoms with van der Waals surface area (Å²) in [6.45, 7) is -0.667. The molecular weight excluding hydrogens is 536 g/mol. The summed E-state index contributed by atoms with van der Waals surface area (Å²) in [5.74, 6) is -0.988. The Kier molecular flexibility index (Phi) is 8.46. The van der Waals surface area contributed by atoms with Crippen LogP contribution in [0.25, 0.3) is 22.3 Å². The summed E-state index contributed by atoms with van der Waals surface area (Å²) in [4.78, 5) is 13.5. The lowest BCUT2D eigenvalue weighted by Gasteiger charge is -2.39. The zero-order chi connectivity index (χ0) is 29.3. The molecular formula is C26H30O14. The molecule has 218 valence electrons. The molecule has 2 aromatic carbocycles. The predicted octanol–water partition coefficient (Wildman–Crippen LogP) is 0.387. The van der Waals surface area contributed by atoms with Crippen molar-refractivity contribution in [3.8, 4) is 51.6 Å². The van der Waals surface area contributed by atoms with Gasteiger partial charge in [0.15, 0.2) is 28.8 Å². The normalized spacial score (nSPS) is 22.6. The maximum Gasteiger partial charge on any atom is 0.239 e. The number of ether oxygens (including phenoxy) is 7. The molecule has 40 heavy (non-hydrogen) atoms. The second-order valence-electron chi connectivity index (χ2n) is 8.62. The van der Waals surface area contributed by atoms with E-state index in [-0.39, 0.29) is 56.8 Å². The average molecular weight is 567 g/mol. The zero-order valence-electron chi connectivity index (χ0n) is 22.2. The van der Waals surface area contributed by atoms with Crippen LogP contribution >= 0.6 is 0 Å². The van der Waals surface area contributed by atoms with Gasteiger partial charge in [-0.25, -0.2) is 0 Å². The number of phenolic OH excluding ortho intramolecular Hbond substituents is 1. The van der Waals surface area contributed by atoms with Gasteiger partial charge in [-0.05, 0) is 12.1 Å². The van der Waals surface area contributed by atoms with Gasteiger partial charge in [-0.2, -0.15) is 0 Å². The van der Waals surface area contributed by atoms with Gasteiger partial charge in [0, 0.05) is 6.07 Å². The number of benzene rings is 2. The first-order valence-corrected chi connectivity index (χ1v) is 11.9. The number of aromatic hydroxyl groups is 1. The molecule has 1 aromatic heterocycles. The first-order valence-electron chi connectivity index (χ1n) is 11.9. The minimum atomic E-state index is -1.73. The van der Waals surface area contributed by atoms with Crippen LogP contribution < -0.4 is 33.8 Å². The molecule has 0 aliphatic carbocycles. The second kappa shape index (κ2) is 11.7. The van der Waals surface area contributed by atoms with Gasteiger partial charge in [0.2, 0.25) is 29.0 Å². The number of hydrogen-bond acceptors (Lipinski definition) is 14. The zero-order valence-corrected chi connectivity index (χ0v) is 22.2. The average Bonchev–Trinajstić information content (AvgIpc) is 2.96. The van der Waals surface area contributed by atoms with Crippen LogP contribution in [0, 0.1) is 0 Å². The molecule has 1 aliphatic rings. The molecule has 0 amide bonds. The van der Waals surface area contributed by atoms with E-state index in [0.717, 1.165) is 0 Å². The highest BCUT2D eigenvalue weighted by atomic mass is 16.7. The van der Waals surface area contributed by atoms with Crippen LogP contribution in [0.1, 0.15) is 0 Å². The van der Waals surface area contributed by atoms with Gasteiger partial charge in [0.05, 0.1) is 47.7 Å². The van der Waals surface area contributed by atoms with Crippen molar-refractivity contribution in [3.63, 3.8) is 0 Å². The molecule has 14 nitrogen and oxygen atoms in total. The molecule has 5 N–H and O–H groups in total. The molecule has 1 saturated heterocycles. The maximum absolute atomic E-state index is 13.5. The molecule has 14 heteroatoms.